The Morgan fingerprint density at radius 2 is 1.30 bits per heavy atom. The second-order valence-corrected chi connectivity index (χ2v) is 12.7. The van der Waals surface area contributed by atoms with Crippen molar-refractivity contribution in [3.05, 3.63) is 162 Å². The number of carbonyl (C=O) groups excluding carboxylic acids is 1. The molecule has 0 bridgehead atoms. The highest BCUT2D eigenvalue weighted by Crippen LogP contribution is 2.29. The summed E-state index contributed by atoms with van der Waals surface area (Å²) in [5.74, 6) is 0.825. The average molecular weight is 728 g/mol. The van der Waals surface area contributed by atoms with Gasteiger partial charge in [0.2, 0.25) is 5.82 Å². The van der Waals surface area contributed by atoms with Crippen molar-refractivity contribution in [2.75, 3.05) is 19.7 Å². The average Bonchev–Trinajstić information content (AvgIpc) is 3.86. The number of rotatable bonds is 13. The Balaban J connectivity index is 0.000000244. The van der Waals surface area contributed by atoms with E-state index < -0.39 is 18.0 Å². The van der Waals surface area contributed by atoms with Crippen LogP contribution in [0.25, 0.3) is 11.5 Å². The molecule has 11 heteroatoms. The van der Waals surface area contributed by atoms with Crippen molar-refractivity contribution >= 4 is 12.1 Å². The van der Waals surface area contributed by atoms with Gasteiger partial charge in [-0.05, 0) is 84.0 Å². The van der Waals surface area contributed by atoms with Gasteiger partial charge in [0, 0.05) is 25.3 Å². The van der Waals surface area contributed by atoms with Gasteiger partial charge >= 0.3 is 12.1 Å². The molecule has 0 saturated carbocycles. The molecule has 2 heterocycles. The number of carboxylic acid groups (broad SMARTS) is 1. The molecule has 2 atom stereocenters. The first kappa shape index (κ1) is 37.3. The highest BCUT2D eigenvalue weighted by Gasteiger charge is 2.40. The van der Waals surface area contributed by atoms with Gasteiger partial charge in [-0.1, -0.05) is 96.2 Å². The standard InChI is InChI=1S/C28H25N3O6.C15H16O2/c32-27(33)24-17-31(28(34)36-22-11-5-2-6-12-22)16-21(24)14-19-8-7-13-23(15-19)35-18-25-29-26(37-30-25)20-9-3-1-4-10-20;16-10-9-13-7-4-8-15(11-13)17-12-14-5-2-1-3-6-14/h1-13,15,21,24H,14,16-18H2,(H,32,33);1-8,11,16H,9-10,12H2/t21-,24+;/m1./s1. The van der Waals surface area contributed by atoms with Crippen molar-refractivity contribution in [1.82, 2.24) is 15.0 Å². The quantitative estimate of drug-likeness (QED) is 0.123. The van der Waals surface area contributed by atoms with Crippen LogP contribution in [0.5, 0.6) is 17.2 Å². The summed E-state index contributed by atoms with van der Waals surface area (Å²) in [7, 11) is 0. The minimum Gasteiger partial charge on any atom is -0.489 e. The summed E-state index contributed by atoms with van der Waals surface area (Å²) in [4.78, 5) is 30.4. The number of aliphatic carboxylic acids is 1. The molecule has 6 aromatic rings. The van der Waals surface area contributed by atoms with Crippen LogP contribution in [0.2, 0.25) is 0 Å². The maximum Gasteiger partial charge on any atom is 0.415 e. The lowest BCUT2D eigenvalue weighted by Gasteiger charge is -2.16. The van der Waals surface area contributed by atoms with Crippen molar-refractivity contribution in [3.8, 4) is 28.7 Å². The Labute approximate surface area is 313 Å². The fourth-order valence-corrected chi connectivity index (χ4v) is 6.05. The van der Waals surface area contributed by atoms with Crippen LogP contribution in [0, 0.1) is 11.8 Å². The van der Waals surface area contributed by atoms with E-state index in [9.17, 15) is 14.7 Å². The number of carboxylic acids is 1. The zero-order chi connectivity index (χ0) is 37.5. The number of aromatic nitrogens is 2. The molecule has 11 nitrogen and oxygen atoms in total. The summed E-state index contributed by atoms with van der Waals surface area (Å²) in [5, 5.41) is 22.6. The lowest BCUT2D eigenvalue weighted by Crippen LogP contribution is -2.32. The van der Waals surface area contributed by atoms with Crippen molar-refractivity contribution in [1.29, 1.82) is 0 Å². The van der Waals surface area contributed by atoms with Gasteiger partial charge in [-0.15, -0.1) is 0 Å². The van der Waals surface area contributed by atoms with Crippen molar-refractivity contribution < 1.29 is 38.5 Å². The highest BCUT2D eigenvalue weighted by molar-refractivity contribution is 5.75. The van der Waals surface area contributed by atoms with Crippen LogP contribution >= 0.6 is 0 Å². The summed E-state index contributed by atoms with van der Waals surface area (Å²) < 4.78 is 22.3. The third-order valence-corrected chi connectivity index (χ3v) is 8.77. The fraction of sp³-hybridized carbons (Fsp3) is 0.209. The topological polar surface area (TPSA) is 144 Å². The number of aliphatic hydroxyl groups excluding tert-OH is 1. The van der Waals surface area contributed by atoms with E-state index in [-0.39, 0.29) is 25.7 Å². The smallest absolute Gasteiger partial charge is 0.415 e. The SMILES string of the molecule is O=C(O)[C@H]1CN(C(=O)Oc2ccccc2)C[C@H]1Cc1cccc(OCc2noc(-c3ccccc3)n2)c1.OCCc1cccc(OCc2ccccc2)c1. The van der Waals surface area contributed by atoms with E-state index >= 15 is 0 Å². The number of amides is 1. The third-order valence-electron chi connectivity index (χ3n) is 8.77. The summed E-state index contributed by atoms with van der Waals surface area (Å²) in [6, 6.07) is 43.6. The van der Waals surface area contributed by atoms with Crippen molar-refractivity contribution in [3.63, 3.8) is 0 Å². The zero-order valence-electron chi connectivity index (χ0n) is 29.6. The Morgan fingerprint density at radius 1 is 0.704 bits per heavy atom. The van der Waals surface area contributed by atoms with Crippen molar-refractivity contribution in [2.24, 2.45) is 11.8 Å². The Morgan fingerprint density at radius 3 is 1.98 bits per heavy atom. The van der Waals surface area contributed by atoms with Gasteiger partial charge in [-0.3, -0.25) is 4.79 Å². The first-order chi connectivity index (χ1) is 26.4. The van der Waals surface area contributed by atoms with Gasteiger partial charge in [0.25, 0.3) is 5.89 Å². The van der Waals surface area contributed by atoms with Gasteiger partial charge in [0.15, 0.2) is 6.61 Å². The lowest BCUT2D eigenvalue weighted by atomic mass is 9.90. The first-order valence-electron chi connectivity index (χ1n) is 17.6. The zero-order valence-corrected chi connectivity index (χ0v) is 29.6. The van der Waals surface area contributed by atoms with Gasteiger partial charge in [0.1, 0.15) is 23.9 Å². The van der Waals surface area contributed by atoms with Crippen LogP contribution in [-0.4, -0.2) is 57.0 Å². The summed E-state index contributed by atoms with van der Waals surface area (Å²) in [6.07, 6.45) is 0.596. The molecule has 2 N–H and O–H groups in total. The second kappa shape index (κ2) is 18.9. The Bertz CT molecular complexity index is 2080. The molecule has 1 amide bonds. The maximum absolute atomic E-state index is 12.6. The highest BCUT2D eigenvalue weighted by atomic mass is 16.6. The fourth-order valence-electron chi connectivity index (χ4n) is 6.05. The molecule has 1 aromatic heterocycles. The number of nitrogens with zero attached hydrogens (tertiary/aromatic N) is 3. The number of benzene rings is 5. The predicted molar refractivity (Wildman–Crippen MR) is 201 cm³/mol. The minimum absolute atomic E-state index is 0.101. The molecule has 0 aliphatic carbocycles. The van der Waals surface area contributed by atoms with Crippen LogP contribution in [0.1, 0.15) is 22.5 Å². The van der Waals surface area contributed by atoms with E-state index in [0.717, 1.165) is 28.0 Å². The Hall–Kier alpha value is -6.46. The third kappa shape index (κ3) is 10.8. The largest absolute Gasteiger partial charge is 0.489 e. The molecule has 7 rings (SSSR count). The minimum atomic E-state index is -0.932. The number of aliphatic hydroxyl groups is 1. The maximum atomic E-state index is 12.6. The number of para-hydroxylation sites is 1. The number of hydrogen-bond acceptors (Lipinski definition) is 9. The first-order valence-corrected chi connectivity index (χ1v) is 17.6. The van der Waals surface area contributed by atoms with Crippen LogP contribution in [-0.2, 0) is 30.8 Å². The predicted octanol–water partition coefficient (Wildman–Crippen LogP) is 7.49. The molecular formula is C43H41N3O8. The monoisotopic (exact) mass is 727 g/mol. The molecule has 1 fully saturated rings. The summed E-state index contributed by atoms with van der Waals surface area (Å²) in [6.45, 7) is 1.26. The molecule has 0 spiro atoms. The molecule has 5 aromatic carbocycles. The summed E-state index contributed by atoms with van der Waals surface area (Å²) in [5.41, 5.74) is 3.98. The molecule has 1 aliphatic rings. The van der Waals surface area contributed by atoms with Gasteiger partial charge in [0.05, 0.1) is 5.92 Å². The van der Waals surface area contributed by atoms with E-state index in [2.05, 4.69) is 10.1 Å². The van der Waals surface area contributed by atoms with Gasteiger partial charge in [-0.25, -0.2) is 4.79 Å². The van der Waals surface area contributed by atoms with Crippen LogP contribution in [0.3, 0.4) is 0 Å². The van der Waals surface area contributed by atoms with Crippen LogP contribution in [0.4, 0.5) is 4.79 Å². The molecule has 0 unspecified atom stereocenters. The van der Waals surface area contributed by atoms with Crippen LogP contribution in [0.15, 0.2) is 144 Å². The van der Waals surface area contributed by atoms with Crippen molar-refractivity contribution in [2.45, 2.75) is 26.1 Å². The normalized spacial score (nSPS) is 14.8. The molecular weight excluding hydrogens is 686 g/mol. The molecule has 54 heavy (non-hydrogen) atoms. The van der Waals surface area contributed by atoms with Gasteiger partial charge in [-0.2, -0.15) is 4.98 Å². The molecule has 1 saturated heterocycles. The second-order valence-electron chi connectivity index (χ2n) is 12.7. The Kier molecular flexibility index (Phi) is 13.0. The molecule has 1 aliphatic heterocycles. The van der Waals surface area contributed by atoms with E-state index in [1.165, 1.54) is 4.90 Å². The number of ether oxygens (including phenoxy) is 3. The van der Waals surface area contributed by atoms with Crippen LogP contribution < -0.4 is 14.2 Å². The summed E-state index contributed by atoms with van der Waals surface area (Å²) >= 11 is 0. The number of likely N-dealkylation sites (tertiary alicyclic amines) is 1. The van der Waals surface area contributed by atoms with E-state index in [0.29, 0.717) is 49.2 Å². The van der Waals surface area contributed by atoms with Gasteiger partial charge < -0.3 is 33.8 Å². The van der Waals surface area contributed by atoms with E-state index in [1.54, 1.807) is 24.3 Å². The number of carbonyl (C=O) groups is 2. The number of hydrogen-bond donors (Lipinski definition) is 2. The van der Waals surface area contributed by atoms with E-state index in [1.807, 2.05) is 115 Å². The lowest BCUT2D eigenvalue weighted by molar-refractivity contribution is -0.142. The van der Waals surface area contributed by atoms with E-state index in [4.69, 9.17) is 23.8 Å². The molecule has 0 radical (unpaired) electrons. The molecule has 276 valence electrons.